The molecule has 1 rings (SSSR count). The SMILES string of the molecule is CNC(C)(C#N)CC(C)OCCC1CC1. The lowest BCUT2D eigenvalue weighted by atomic mass is 9.97. The number of nitriles is 1. The van der Waals surface area contributed by atoms with E-state index in [1.807, 2.05) is 20.9 Å². The predicted octanol–water partition coefficient (Wildman–Crippen LogP) is 2.08. The van der Waals surface area contributed by atoms with Crippen LogP contribution in [0.5, 0.6) is 0 Å². The number of ether oxygens (including phenoxy) is 1. The van der Waals surface area contributed by atoms with Gasteiger partial charge in [-0.05, 0) is 33.2 Å². The highest BCUT2D eigenvalue weighted by molar-refractivity contribution is 5.03. The molecule has 3 heteroatoms. The van der Waals surface area contributed by atoms with Crippen LogP contribution in [0.2, 0.25) is 0 Å². The molecule has 0 bridgehead atoms. The van der Waals surface area contributed by atoms with E-state index in [1.165, 1.54) is 19.3 Å². The maximum absolute atomic E-state index is 8.99. The molecule has 15 heavy (non-hydrogen) atoms. The van der Waals surface area contributed by atoms with Crippen molar-refractivity contribution in [1.29, 1.82) is 5.26 Å². The lowest BCUT2D eigenvalue weighted by molar-refractivity contribution is 0.0448. The van der Waals surface area contributed by atoms with E-state index in [4.69, 9.17) is 10.00 Å². The summed E-state index contributed by atoms with van der Waals surface area (Å²) in [5.74, 6) is 0.920. The fraction of sp³-hybridized carbons (Fsp3) is 0.917. The molecule has 3 nitrogen and oxygen atoms in total. The zero-order valence-corrected chi connectivity index (χ0v) is 10.0. The van der Waals surface area contributed by atoms with Crippen LogP contribution < -0.4 is 5.32 Å². The summed E-state index contributed by atoms with van der Waals surface area (Å²) in [4.78, 5) is 0. The molecular weight excluding hydrogens is 188 g/mol. The fourth-order valence-corrected chi connectivity index (χ4v) is 1.68. The Labute approximate surface area is 92.8 Å². The summed E-state index contributed by atoms with van der Waals surface area (Å²) in [7, 11) is 1.82. The average molecular weight is 210 g/mol. The summed E-state index contributed by atoms with van der Waals surface area (Å²) in [6.45, 7) is 4.80. The minimum atomic E-state index is -0.459. The zero-order chi connectivity index (χ0) is 11.3. The third-order valence-electron chi connectivity index (χ3n) is 3.12. The largest absolute Gasteiger partial charge is 0.378 e. The van der Waals surface area contributed by atoms with Crippen molar-refractivity contribution in [1.82, 2.24) is 5.32 Å². The van der Waals surface area contributed by atoms with Crippen molar-refractivity contribution in [3.8, 4) is 6.07 Å². The number of nitrogens with zero attached hydrogens (tertiary/aromatic N) is 1. The number of rotatable bonds is 7. The molecule has 2 atom stereocenters. The Kier molecular flexibility index (Phi) is 4.56. The summed E-state index contributed by atoms with van der Waals surface area (Å²) in [6, 6.07) is 2.28. The first-order valence-electron chi connectivity index (χ1n) is 5.81. The highest BCUT2D eigenvalue weighted by Crippen LogP contribution is 2.32. The van der Waals surface area contributed by atoms with Crippen LogP contribution in [0.1, 0.15) is 39.5 Å². The van der Waals surface area contributed by atoms with Crippen molar-refractivity contribution in [3.05, 3.63) is 0 Å². The van der Waals surface area contributed by atoms with Gasteiger partial charge < -0.3 is 10.1 Å². The Morgan fingerprint density at radius 1 is 1.60 bits per heavy atom. The standard InChI is InChI=1S/C12H22N2O/c1-10(8-12(2,9-13)14-3)15-7-6-11-4-5-11/h10-11,14H,4-8H2,1-3H3. The van der Waals surface area contributed by atoms with Gasteiger partial charge in [0, 0.05) is 13.0 Å². The first-order chi connectivity index (χ1) is 7.09. The lowest BCUT2D eigenvalue weighted by Gasteiger charge is -2.24. The van der Waals surface area contributed by atoms with E-state index in [9.17, 15) is 0 Å². The number of hydrogen-bond acceptors (Lipinski definition) is 3. The van der Waals surface area contributed by atoms with Crippen LogP contribution in [0.3, 0.4) is 0 Å². The molecule has 0 aromatic rings. The Morgan fingerprint density at radius 3 is 2.73 bits per heavy atom. The second-order valence-electron chi connectivity index (χ2n) is 4.81. The van der Waals surface area contributed by atoms with Gasteiger partial charge in [0.15, 0.2) is 0 Å². The topological polar surface area (TPSA) is 45.0 Å². The van der Waals surface area contributed by atoms with E-state index in [0.29, 0.717) is 0 Å². The Morgan fingerprint density at radius 2 is 2.27 bits per heavy atom. The molecule has 0 spiro atoms. The third kappa shape index (κ3) is 4.63. The van der Waals surface area contributed by atoms with Crippen molar-refractivity contribution in [2.45, 2.75) is 51.2 Å². The van der Waals surface area contributed by atoms with Crippen molar-refractivity contribution >= 4 is 0 Å². The van der Waals surface area contributed by atoms with Crippen LogP contribution in [0.15, 0.2) is 0 Å². The smallest absolute Gasteiger partial charge is 0.106 e. The van der Waals surface area contributed by atoms with Gasteiger partial charge in [-0.1, -0.05) is 12.8 Å². The summed E-state index contributed by atoms with van der Waals surface area (Å²) < 4.78 is 5.70. The minimum absolute atomic E-state index is 0.154. The summed E-state index contributed by atoms with van der Waals surface area (Å²) >= 11 is 0. The first-order valence-corrected chi connectivity index (χ1v) is 5.81. The molecule has 2 unspecified atom stereocenters. The fourth-order valence-electron chi connectivity index (χ4n) is 1.68. The number of hydrogen-bond donors (Lipinski definition) is 1. The zero-order valence-electron chi connectivity index (χ0n) is 10.0. The molecule has 1 saturated carbocycles. The van der Waals surface area contributed by atoms with Gasteiger partial charge in [0.05, 0.1) is 12.2 Å². The van der Waals surface area contributed by atoms with Crippen molar-refractivity contribution in [2.75, 3.05) is 13.7 Å². The van der Waals surface area contributed by atoms with Crippen LogP contribution >= 0.6 is 0 Å². The van der Waals surface area contributed by atoms with Gasteiger partial charge in [-0.3, -0.25) is 0 Å². The first kappa shape index (κ1) is 12.5. The highest BCUT2D eigenvalue weighted by atomic mass is 16.5. The van der Waals surface area contributed by atoms with Gasteiger partial charge >= 0.3 is 0 Å². The maximum atomic E-state index is 8.99. The molecule has 0 radical (unpaired) electrons. The molecule has 86 valence electrons. The average Bonchev–Trinajstić information content (AvgIpc) is 3.01. The van der Waals surface area contributed by atoms with Crippen LogP contribution in [0, 0.1) is 17.2 Å². The summed E-state index contributed by atoms with van der Waals surface area (Å²) in [5, 5.41) is 12.0. The molecular formula is C12H22N2O. The minimum Gasteiger partial charge on any atom is -0.378 e. The normalized spacial score (nSPS) is 21.7. The van der Waals surface area contributed by atoms with Gasteiger partial charge in [0.1, 0.15) is 5.54 Å². The van der Waals surface area contributed by atoms with Crippen molar-refractivity contribution < 1.29 is 4.74 Å². The molecule has 0 heterocycles. The van der Waals surface area contributed by atoms with Crippen LogP contribution in [-0.2, 0) is 4.74 Å². The number of nitrogens with one attached hydrogen (secondary N) is 1. The van der Waals surface area contributed by atoms with Crippen molar-refractivity contribution in [3.63, 3.8) is 0 Å². The van der Waals surface area contributed by atoms with Gasteiger partial charge in [0.2, 0.25) is 0 Å². The van der Waals surface area contributed by atoms with Gasteiger partial charge in [-0.2, -0.15) is 5.26 Å². The predicted molar refractivity (Wildman–Crippen MR) is 60.4 cm³/mol. The van der Waals surface area contributed by atoms with E-state index in [2.05, 4.69) is 11.4 Å². The molecule has 0 aliphatic heterocycles. The maximum Gasteiger partial charge on any atom is 0.106 e. The third-order valence-corrected chi connectivity index (χ3v) is 3.12. The quantitative estimate of drug-likeness (QED) is 0.699. The second-order valence-corrected chi connectivity index (χ2v) is 4.81. The van der Waals surface area contributed by atoms with Crippen molar-refractivity contribution in [2.24, 2.45) is 5.92 Å². The van der Waals surface area contributed by atoms with Gasteiger partial charge in [-0.25, -0.2) is 0 Å². The van der Waals surface area contributed by atoms with Gasteiger partial charge in [0.25, 0.3) is 0 Å². The molecule has 0 saturated heterocycles. The molecule has 1 aliphatic carbocycles. The molecule has 0 amide bonds. The monoisotopic (exact) mass is 210 g/mol. The Hall–Kier alpha value is -0.590. The van der Waals surface area contributed by atoms with Crippen LogP contribution in [0.25, 0.3) is 0 Å². The Bertz CT molecular complexity index is 232. The second kappa shape index (κ2) is 5.48. The highest BCUT2D eigenvalue weighted by Gasteiger charge is 2.25. The van der Waals surface area contributed by atoms with E-state index in [-0.39, 0.29) is 6.10 Å². The summed E-state index contributed by atoms with van der Waals surface area (Å²) in [6.07, 6.45) is 4.84. The lowest BCUT2D eigenvalue weighted by Crippen LogP contribution is -2.41. The van der Waals surface area contributed by atoms with Crippen LogP contribution in [0.4, 0.5) is 0 Å². The van der Waals surface area contributed by atoms with E-state index in [1.54, 1.807) is 0 Å². The van der Waals surface area contributed by atoms with E-state index < -0.39 is 5.54 Å². The molecule has 0 aromatic heterocycles. The molecule has 1 aliphatic rings. The molecule has 1 fully saturated rings. The van der Waals surface area contributed by atoms with Crippen LogP contribution in [-0.4, -0.2) is 25.3 Å². The van der Waals surface area contributed by atoms with E-state index >= 15 is 0 Å². The van der Waals surface area contributed by atoms with E-state index in [0.717, 1.165) is 18.9 Å². The molecule has 1 N–H and O–H groups in total. The van der Waals surface area contributed by atoms with Gasteiger partial charge in [-0.15, -0.1) is 0 Å². The summed E-state index contributed by atoms with van der Waals surface area (Å²) in [5.41, 5.74) is -0.459. The Balaban J connectivity index is 2.15. The molecule has 0 aromatic carbocycles.